The normalized spacial score (nSPS) is 12.2. The topological polar surface area (TPSA) is 0 Å². The van der Waals surface area contributed by atoms with Gasteiger partial charge in [-0.25, -0.2) is 0 Å². The molecule has 0 saturated carbocycles. The Labute approximate surface area is 245 Å². The van der Waals surface area contributed by atoms with Gasteiger partial charge in [0.1, 0.15) is 0 Å². The number of rotatable bonds is 7. The van der Waals surface area contributed by atoms with Crippen LogP contribution in [0.1, 0.15) is 11.1 Å². The minimum Gasteiger partial charge on any atom is -0.173 e. The number of aryl methyl sites for hydroxylation is 2. The molecule has 6 aromatic rings. The highest BCUT2D eigenvalue weighted by atomic mass is 32.2. The van der Waals surface area contributed by atoms with E-state index in [-0.39, 0.29) is 0 Å². The highest BCUT2D eigenvalue weighted by molar-refractivity contribution is 8.17. The maximum atomic E-state index is 2.39. The number of hydrogen-bond donors (Lipinski definition) is 1. The molecule has 0 saturated heterocycles. The van der Waals surface area contributed by atoms with E-state index >= 15 is 0 Å². The molecule has 0 heterocycles. The van der Waals surface area contributed by atoms with Crippen LogP contribution in [0.5, 0.6) is 0 Å². The first-order chi connectivity index (χ1) is 19.7. The second-order valence-corrected chi connectivity index (χ2v) is 13.3. The molecule has 40 heavy (non-hydrogen) atoms. The fraction of sp³-hybridized carbons (Fsp3) is 0.0526. The molecule has 6 rings (SSSR count). The Kier molecular flexibility index (Phi) is 7.90. The zero-order valence-corrected chi connectivity index (χ0v) is 24.5. The van der Waals surface area contributed by atoms with Gasteiger partial charge in [0.05, 0.1) is 0 Å². The van der Waals surface area contributed by atoms with Crippen molar-refractivity contribution in [3.8, 4) is 22.3 Å². The molecule has 0 radical (unpaired) electrons. The van der Waals surface area contributed by atoms with Crippen molar-refractivity contribution < 1.29 is 0 Å². The molecule has 1 unspecified atom stereocenters. The van der Waals surface area contributed by atoms with Crippen LogP contribution in [0.3, 0.4) is 0 Å². The number of hydrogen-bond acceptors (Lipinski definition) is 1. The van der Waals surface area contributed by atoms with Gasteiger partial charge in [0.25, 0.3) is 0 Å². The third-order valence-electron chi connectivity index (χ3n) is 7.18. The molecular weight excluding hydrogens is 521 g/mol. The summed E-state index contributed by atoms with van der Waals surface area (Å²) in [4.78, 5) is 6.65. The van der Waals surface area contributed by atoms with Crippen LogP contribution in [0.4, 0.5) is 0 Å². The van der Waals surface area contributed by atoms with Gasteiger partial charge in [0, 0.05) is 9.79 Å². The molecular formula is C38H32S2. The molecule has 0 spiro atoms. The second-order valence-electron chi connectivity index (χ2n) is 9.97. The van der Waals surface area contributed by atoms with E-state index in [1.807, 2.05) is 11.8 Å². The quantitative estimate of drug-likeness (QED) is 0.192. The summed E-state index contributed by atoms with van der Waals surface area (Å²) in [5.41, 5.74) is 7.74. The third kappa shape index (κ3) is 5.79. The van der Waals surface area contributed by atoms with E-state index in [1.165, 1.54) is 57.9 Å². The molecule has 0 aliphatic rings. The average molecular weight is 553 g/mol. The molecule has 1 atom stereocenters. The van der Waals surface area contributed by atoms with Gasteiger partial charge in [0.15, 0.2) is 0 Å². The van der Waals surface area contributed by atoms with Gasteiger partial charge in [-0.1, -0.05) is 103 Å². The average Bonchev–Trinajstić information content (AvgIpc) is 3.00. The number of thiol groups is 1. The van der Waals surface area contributed by atoms with Crippen molar-refractivity contribution in [1.29, 1.82) is 0 Å². The van der Waals surface area contributed by atoms with E-state index in [0.29, 0.717) is 0 Å². The fourth-order valence-electron chi connectivity index (χ4n) is 5.19. The third-order valence-corrected chi connectivity index (χ3v) is 10.6. The minimum absolute atomic E-state index is 0.660. The van der Waals surface area contributed by atoms with Crippen molar-refractivity contribution in [1.82, 2.24) is 0 Å². The lowest BCUT2D eigenvalue weighted by Gasteiger charge is -2.24. The number of benzene rings is 6. The van der Waals surface area contributed by atoms with Gasteiger partial charge >= 0.3 is 0 Å². The molecule has 2 heteroatoms. The van der Waals surface area contributed by atoms with Gasteiger partial charge in [-0.3, -0.25) is 0 Å². The molecule has 0 aliphatic heterocycles. The van der Waals surface area contributed by atoms with E-state index in [9.17, 15) is 0 Å². The lowest BCUT2D eigenvalue weighted by atomic mass is 10.0. The summed E-state index contributed by atoms with van der Waals surface area (Å²) in [6.07, 6.45) is 0. The first-order valence-electron chi connectivity index (χ1n) is 13.6. The van der Waals surface area contributed by atoms with Crippen LogP contribution in [-0.2, 0) is 0 Å². The van der Waals surface area contributed by atoms with Crippen molar-refractivity contribution in [3.63, 3.8) is 0 Å². The Morgan fingerprint density at radius 3 is 1.40 bits per heavy atom. The first-order valence-corrected chi connectivity index (χ1v) is 15.8. The van der Waals surface area contributed by atoms with Crippen LogP contribution in [-0.4, -0.2) is 0 Å². The van der Waals surface area contributed by atoms with Crippen LogP contribution < -0.4 is 0 Å². The van der Waals surface area contributed by atoms with Crippen LogP contribution in [0.15, 0.2) is 176 Å². The monoisotopic (exact) mass is 552 g/mol. The molecule has 0 aliphatic carbocycles. The predicted octanol–water partition coefficient (Wildman–Crippen LogP) is 11.3. The molecule has 0 amide bonds. The summed E-state index contributed by atoms with van der Waals surface area (Å²) in [7, 11) is -0.660. The van der Waals surface area contributed by atoms with Crippen LogP contribution in [0.2, 0.25) is 0 Å². The Balaban J connectivity index is 1.28. The molecule has 0 bridgehead atoms. The summed E-state index contributed by atoms with van der Waals surface area (Å²) in [5, 5.41) is 0. The molecule has 6 aromatic carbocycles. The van der Waals surface area contributed by atoms with Gasteiger partial charge in [-0.2, -0.15) is 10.9 Å². The smallest absolute Gasteiger partial charge is 0.0125 e. The van der Waals surface area contributed by atoms with Crippen LogP contribution in [0.25, 0.3) is 22.3 Å². The Bertz CT molecular complexity index is 1710. The van der Waals surface area contributed by atoms with E-state index in [2.05, 4.69) is 166 Å². The minimum atomic E-state index is -0.660. The SMILES string of the molecule is Cc1cc(Sc2ccc([SH](c3ccccc3)c3ccc(-c4ccccc4)c(C)c3)cc2)ccc1-c1ccccc1. The Hall–Kier alpha value is -3.98. The Morgan fingerprint density at radius 2 is 0.850 bits per heavy atom. The lowest BCUT2D eigenvalue weighted by molar-refractivity contribution is 1.27. The van der Waals surface area contributed by atoms with Gasteiger partial charge in [0.2, 0.25) is 0 Å². The summed E-state index contributed by atoms with van der Waals surface area (Å²) in [6.45, 7) is 4.43. The van der Waals surface area contributed by atoms with Gasteiger partial charge in [-0.05, 0) is 123 Å². The molecule has 0 aromatic heterocycles. The maximum Gasteiger partial charge on any atom is 0.0125 e. The van der Waals surface area contributed by atoms with E-state index in [1.54, 1.807) is 0 Å². The Morgan fingerprint density at radius 1 is 0.400 bits per heavy atom. The van der Waals surface area contributed by atoms with Gasteiger partial charge < -0.3 is 0 Å². The van der Waals surface area contributed by atoms with Crippen molar-refractivity contribution in [2.45, 2.75) is 38.3 Å². The second kappa shape index (κ2) is 12.0. The predicted molar refractivity (Wildman–Crippen MR) is 174 cm³/mol. The van der Waals surface area contributed by atoms with Crippen molar-refractivity contribution >= 4 is 22.7 Å². The van der Waals surface area contributed by atoms with Crippen LogP contribution >= 0.6 is 22.7 Å². The van der Waals surface area contributed by atoms with E-state index in [4.69, 9.17) is 0 Å². The summed E-state index contributed by atoms with van der Waals surface area (Å²) in [6, 6.07) is 55.3. The molecule has 0 nitrogen and oxygen atoms in total. The summed E-state index contributed by atoms with van der Waals surface area (Å²) in [5.74, 6) is 0. The maximum absolute atomic E-state index is 2.39. The molecule has 196 valence electrons. The standard InChI is InChI=1S/C38H32S2/c1-28-26-33(20-24-37(28)30-12-6-3-7-13-30)39-32-18-21-35(22-19-32)40(34-16-10-5-11-17-34)36-23-25-38(29(2)27-36)31-14-8-4-9-15-31/h3-27,40H,1-2H3. The van der Waals surface area contributed by atoms with E-state index < -0.39 is 10.9 Å². The highest BCUT2D eigenvalue weighted by Gasteiger charge is 2.15. The van der Waals surface area contributed by atoms with Crippen molar-refractivity contribution in [3.05, 3.63) is 163 Å². The largest absolute Gasteiger partial charge is 0.173 e. The molecule has 0 fully saturated rings. The van der Waals surface area contributed by atoms with Crippen molar-refractivity contribution in [2.24, 2.45) is 0 Å². The summed E-state index contributed by atoms with van der Waals surface area (Å²) >= 11 is 1.83. The molecule has 0 N–H and O–H groups in total. The summed E-state index contributed by atoms with van der Waals surface area (Å²) < 4.78 is 0. The fourth-order valence-corrected chi connectivity index (χ4v) is 8.47. The lowest BCUT2D eigenvalue weighted by Crippen LogP contribution is -1.91. The van der Waals surface area contributed by atoms with Gasteiger partial charge in [-0.15, -0.1) is 0 Å². The van der Waals surface area contributed by atoms with E-state index in [0.717, 1.165) is 0 Å². The first kappa shape index (κ1) is 26.3. The zero-order valence-electron chi connectivity index (χ0n) is 22.8. The zero-order chi connectivity index (χ0) is 27.3. The highest BCUT2D eigenvalue weighted by Crippen LogP contribution is 2.52. The van der Waals surface area contributed by atoms with Crippen molar-refractivity contribution in [2.75, 3.05) is 0 Å². The van der Waals surface area contributed by atoms with Crippen LogP contribution in [0, 0.1) is 13.8 Å².